The normalized spacial score (nSPS) is 30.5. The standard InChI is InChI=1S/C15H18BrNO2/c1-9-7-17(8-13(9)15(18)19)14-5-2-10-6-11(16)3-4-12(10)14/h3-4,6,9,13-14H,2,5,7-8H2,1H3,(H,18,19)/t9-,13-,14?/m1/s1. The summed E-state index contributed by atoms with van der Waals surface area (Å²) in [5.74, 6) is -0.611. The number of halogens is 1. The van der Waals surface area contributed by atoms with Gasteiger partial charge in [-0.05, 0) is 42.0 Å². The van der Waals surface area contributed by atoms with Crippen molar-refractivity contribution in [3.8, 4) is 0 Å². The lowest BCUT2D eigenvalue weighted by atomic mass is 9.99. The molecular weight excluding hydrogens is 306 g/mol. The lowest BCUT2D eigenvalue weighted by molar-refractivity contribution is -0.142. The van der Waals surface area contributed by atoms with Crippen LogP contribution in [0.25, 0.3) is 0 Å². The first-order chi connectivity index (χ1) is 9.06. The number of carbonyl (C=O) groups is 1. The third-order valence-electron chi connectivity index (χ3n) is 4.55. The van der Waals surface area contributed by atoms with E-state index in [1.54, 1.807) is 0 Å². The van der Waals surface area contributed by atoms with Crippen molar-refractivity contribution in [1.82, 2.24) is 4.90 Å². The number of likely N-dealkylation sites (tertiary alicyclic amines) is 1. The monoisotopic (exact) mass is 323 g/mol. The van der Waals surface area contributed by atoms with Gasteiger partial charge in [-0.1, -0.05) is 28.9 Å². The molecule has 0 radical (unpaired) electrons. The minimum Gasteiger partial charge on any atom is -0.481 e. The maximum Gasteiger partial charge on any atom is 0.308 e. The third-order valence-corrected chi connectivity index (χ3v) is 5.04. The van der Waals surface area contributed by atoms with Crippen LogP contribution in [0, 0.1) is 11.8 Å². The zero-order valence-electron chi connectivity index (χ0n) is 11.0. The molecule has 2 aliphatic rings. The zero-order chi connectivity index (χ0) is 13.6. The van der Waals surface area contributed by atoms with Gasteiger partial charge in [0, 0.05) is 23.6 Å². The Hall–Kier alpha value is -0.870. The van der Waals surface area contributed by atoms with E-state index in [0.717, 1.165) is 23.9 Å². The van der Waals surface area contributed by atoms with E-state index in [4.69, 9.17) is 0 Å². The molecule has 1 aromatic carbocycles. The molecule has 1 fully saturated rings. The number of aliphatic carboxylic acids is 1. The van der Waals surface area contributed by atoms with Gasteiger partial charge in [0.15, 0.2) is 0 Å². The van der Waals surface area contributed by atoms with Crippen LogP contribution in [0.2, 0.25) is 0 Å². The Bertz CT molecular complexity index is 517. The second-order valence-electron chi connectivity index (χ2n) is 5.77. The van der Waals surface area contributed by atoms with Crippen molar-refractivity contribution in [3.05, 3.63) is 33.8 Å². The van der Waals surface area contributed by atoms with Crippen LogP contribution >= 0.6 is 15.9 Å². The summed E-state index contributed by atoms with van der Waals surface area (Å²) < 4.78 is 1.13. The van der Waals surface area contributed by atoms with Crippen molar-refractivity contribution >= 4 is 21.9 Å². The highest BCUT2D eigenvalue weighted by molar-refractivity contribution is 9.10. The molecule has 3 nitrogen and oxygen atoms in total. The second kappa shape index (κ2) is 4.91. The SMILES string of the molecule is C[C@@H]1CN(C2CCc3cc(Br)ccc32)C[C@H]1C(=O)O. The van der Waals surface area contributed by atoms with Gasteiger partial charge in [0.25, 0.3) is 0 Å². The van der Waals surface area contributed by atoms with E-state index in [0.29, 0.717) is 12.6 Å². The fraction of sp³-hybridized carbons (Fsp3) is 0.533. The number of carboxylic acid groups (broad SMARTS) is 1. The number of aryl methyl sites for hydroxylation is 1. The summed E-state index contributed by atoms with van der Waals surface area (Å²) in [4.78, 5) is 13.6. The van der Waals surface area contributed by atoms with Crippen LogP contribution in [0.15, 0.2) is 22.7 Å². The van der Waals surface area contributed by atoms with Gasteiger partial charge in [0.05, 0.1) is 5.92 Å². The summed E-state index contributed by atoms with van der Waals surface area (Å²) in [6.45, 7) is 3.64. The Morgan fingerprint density at radius 1 is 1.42 bits per heavy atom. The highest BCUT2D eigenvalue weighted by atomic mass is 79.9. The highest BCUT2D eigenvalue weighted by Gasteiger charge is 2.39. The zero-order valence-corrected chi connectivity index (χ0v) is 12.6. The van der Waals surface area contributed by atoms with Crippen molar-refractivity contribution in [1.29, 1.82) is 0 Å². The summed E-state index contributed by atoms with van der Waals surface area (Å²) in [7, 11) is 0. The van der Waals surface area contributed by atoms with Gasteiger partial charge in [0.2, 0.25) is 0 Å². The van der Waals surface area contributed by atoms with Gasteiger partial charge in [-0.25, -0.2) is 0 Å². The van der Waals surface area contributed by atoms with Crippen LogP contribution in [0.4, 0.5) is 0 Å². The fourth-order valence-corrected chi connectivity index (χ4v) is 3.93. The average molecular weight is 324 g/mol. The van der Waals surface area contributed by atoms with E-state index in [1.807, 2.05) is 0 Å². The van der Waals surface area contributed by atoms with E-state index in [1.165, 1.54) is 11.1 Å². The van der Waals surface area contributed by atoms with E-state index in [9.17, 15) is 9.90 Å². The molecule has 19 heavy (non-hydrogen) atoms. The maximum absolute atomic E-state index is 11.2. The molecule has 1 unspecified atom stereocenters. The molecule has 1 aromatic rings. The molecule has 0 amide bonds. The Balaban J connectivity index is 1.81. The molecule has 0 aromatic heterocycles. The third kappa shape index (κ3) is 2.32. The topological polar surface area (TPSA) is 40.5 Å². The number of fused-ring (bicyclic) bond motifs is 1. The molecule has 3 rings (SSSR count). The van der Waals surface area contributed by atoms with Crippen molar-refractivity contribution in [2.75, 3.05) is 13.1 Å². The van der Waals surface area contributed by atoms with Crippen LogP contribution in [-0.2, 0) is 11.2 Å². The molecule has 0 bridgehead atoms. The highest BCUT2D eigenvalue weighted by Crippen LogP contribution is 2.40. The summed E-state index contributed by atoms with van der Waals surface area (Å²) in [5.41, 5.74) is 2.80. The van der Waals surface area contributed by atoms with Crippen LogP contribution in [0.5, 0.6) is 0 Å². The number of carboxylic acids is 1. The summed E-state index contributed by atoms with van der Waals surface area (Å²) in [5, 5.41) is 9.24. The predicted octanol–water partition coefficient (Wildman–Crippen LogP) is 3.09. The molecular formula is C15H18BrNO2. The molecule has 1 aliphatic carbocycles. The van der Waals surface area contributed by atoms with E-state index >= 15 is 0 Å². The van der Waals surface area contributed by atoms with Crippen molar-refractivity contribution in [2.24, 2.45) is 11.8 Å². The van der Waals surface area contributed by atoms with Crippen molar-refractivity contribution in [3.63, 3.8) is 0 Å². The Labute approximate surface area is 121 Å². The molecule has 0 saturated carbocycles. The lowest BCUT2D eigenvalue weighted by Gasteiger charge is -2.24. The van der Waals surface area contributed by atoms with E-state index < -0.39 is 5.97 Å². The molecule has 3 atom stereocenters. The Morgan fingerprint density at radius 3 is 2.89 bits per heavy atom. The molecule has 1 aliphatic heterocycles. The first-order valence-electron chi connectivity index (χ1n) is 6.81. The number of hydrogen-bond donors (Lipinski definition) is 1. The van der Waals surface area contributed by atoms with Gasteiger partial charge in [-0.2, -0.15) is 0 Å². The Morgan fingerprint density at radius 2 is 2.21 bits per heavy atom. The smallest absolute Gasteiger partial charge is 0.308 e. The number of nitrogens with zero attached hydrogens (tertiary/aromatic N) is 1. The molecule has 1 N–H and O–H groups in total. The second-order valence-corrected chi connectivity index (χ2v) is 6.69. The largest absolute Gasteiger partial charge is 0.481 e. The minimum atomic E-state index is -0.649. The molecule has 1 saturated heterocycles. The van der Waals surface area contributed by atoms with Crippen LogP contribution < -0.4 is 0 Å². The number of benzene rings is 1. The van der Waals surface area contributed by atoms with Gasteiger partial charge in [-0.15, -0.1) is 0 Å². The number of hydrogen-bond acceptors (Lipinski definition) is 2. The van der Waals surface area contributed by atoms with Gasteiger partial charge in [0.1, 0.15) is 0 Å². The average Bonchev–Trinajstić information content (AvgIpc) is 2.91. The maximum atomic E-state index is 11.2. The predicted molar refractivity (Wildman–Crippen MR) is 77.1 cm³/mol. The van der Waals surface area contributed by atoms with Gasteiger partial charge >= 0.3 is 5.97 Å². The molecule has 1 heterocycles. The fourth-order valence-electron chi connectivity index (χ4n) is 3.52. The van der Waals surface area contributed by atoms with Gasteiger partial charge in [-0.3, -0.25) is 9.69 Å². The summed E-state index contributed by atoms with van der Waals surface area (Å²) >= 11 is 3.52. The quantitative estimate of drug-likeness (QED) is 0.909. The van der Waals surface area contributed by atoms with Crippen LogP contribution in [-0.4, -0.2) is 29.1 Å². The van der Waals surface area contributed by atoms with Crippen molar-refractivity contribution in [2.45, 2.75) is 25.8 Å². The molecule has 102 valence electrons. The summed E-state index contributed by atoms with van der Waals surface area (Å²) in [6, 6.07) is 6.89. The van der Waals surface area contributed by atoms with E-state index in [-0.39, 0.29) is 11.8 Å². The molecule has 4 heteroatoms. The van der Waals surface area contributed by atoms with Crippen LogP contribution in [0.3, 0.4) is 0 Å². The van der Waals surface area contributed by atoms with Crippen LogP contribution in [0.1, 0.15) is 30.5 Å². The van der Waals surface area contributed by atoms with Gasteiger partial charge < -0.3 is 5.11 Å². The lowest BCUT2D eigenvalue weighted by Crippen LogP contribution is -2.26. The minimum absolute atomic E-state index is 0.209. The van der Waals surface area contributed by atoms with E-state index in [2.05, 4.69) is 46.0 Å². The summed E-state index contributed by atoms with van der Waals surface area (Å²) in [6.07, 6.45) is 2.22. The number of rotatable bonds is 2. The molecule has 0 spiro atoms. The Kier molecular flexibility index (Phi) is 3.39. The first kappa shape index (κ1) is 13.1. The van der Waals surface area contributed by atoms with Crippen molar-refractivity contribution < 1.29 is 9.90 Å². The first-order valence-corrected chi connectivity index (χ1v) is 7.60.